The molecule has 1 N–H and O–H groups in total. The van der Waals surface area contributed by atoms with Crippen molar-refractivity contribution in [3.63, 3.8) is 0 Å². The molecular weight excluding hydrogens is 380 g/mol. The number of halogens is 1. The van der Waals surface area contributed by atoms with Crippen LogP contribution in [0.15, 0.2) is 48.5 Å². The minimum absolute atomic E-state index is 0.0928. The number of nitrogens with zero attached hydrogens (tertiary/aromatic N) is 1. The summed E-state index contributed by atoms with van der Waals surface area (Å²) in [5, 5.41) is 3.21. The first-order valence-electron chi connectivity index (χ1n) is 8.97. The minimum atomic E-state index is -0.558. The Labute approximate surface area is 168 Å². The molecule has 1 fully saturated rings. The second kappa shape index (κ2) is 8.89. The highest BCUT2D eigenvalue weighted by molar-refractivity contribution is 6.31. The van der Waals surface area contributed by atoms with Gasteiger partial charge in [0.15, 0.2) is 6.61 Å². The number of anilines is 1. The molecule has 1 aliphatic rings. The summed E-state index contributed by atoms with van der Waals surface area (Å²) in [6, 6.07) is 14.8. The molecule has 2 aromatic rings. The molecule has 1 heterocycles. The molecule has 6 nitrogen and oxygen atoms in total. The van der Waals surface area contributed by atoms with Crippen LogP contribution < -0.4 is 5.32 Å². The molecule has 2 aromatic carbocycles. The first-order valence-corrected chi connectivity index (χ1v) is 9.35. The second-order valence-corrected chi connectivity index (χ2v) is 7.14. The number of hydrogen-bond donors (Lipinski definition) is 1. The summed E-state index contributed by atoms with van der Waals surface area (Å²) in [6.45, 7) is 2.13. The van der Waals surface area contributed by atoms with Gasteiger partial charge in [-0.25, -0.2) is 0 Å². The van der Waals surface area contributed by atoms with Gasteiger partial charge in [-0.2, -0.15) is 0 Å². The Kier molecular flexibility index (Phi) is 6.31. The van der Waals surface area contributed by atoms with Crippen LogP contribution >= 0.6 is 11.6 Å². The zero-order chi connectivity index (χ0) is 20.1. The largest absolute Gasteiger partial charge is 0.455 e. The molecule has 7 heteroatoms. The van der Waals surface area contributed by atoms with E-state index in [1.807, 2.05) is 30.3 Å². The number of ether oxygens (including phenoxy) is 1. The Morgan fingerprint density at radius 1 is 1.18 bits per heavy atom. The van der Waals surface area contributed by atoms with Crippen molar-refractivity contribution in [2.24, 2.45) is 5.92 Å². The molecule has 0 bridgehead atoms. The minimum Gasteiger partial charge on any atom is -0.455 e. The van der Waals surface area contributed by atoms with Crippen LogP contribution in [-0.4, -0.2) is 35.8 Å². The third kappa shape index (κ3) is 4.89. The molecule has 0 radical (unpaired) electrons. The summed E-state index contributed by atoms with van der Waals surface area (Å²) in [6.07, 6.45) is 0.0979. The van der Waals surface area contributed by atoms with Gasteiger partial charge in [-0.05, 0) is 30.2 Å². The van der Waals surface area contributed by atoms with Crippen LogP contribution in [0.3, 0.4) is 0 Å². The molecule has 146 valence electrons. The van der Waals surface area contributed by atoms with Crippen molar-refractivity contribution < 1.29 is 19.1 Å². The van der Waals surface area contributed by atoms with E-state index in [4.69, 9.17) is 16.3 Å². The molecule has 0 aromatic heterocycles. The van der Waals surface area contributed by atoms with Crippen LogP contribution in [0.5, 0.6) is 0 Å². The summed E-state index contributed by atoms with van der Waals surface area (Å²) in [4.78, 5) is 38.1. The average molecular weight is 401 g/mol. The van der Waals surface area contributed by atoms with E-state index in [1.165, 1.54) is 0 Å². The van der Waals surface area contributed by atoms with Gasteiger partial charge < -0.3 is 15.0 Å². The van der Waals surface area contributed by atoms with Gasteiger partial charge in [-0.15, -0.1) is 0 Å². The van der Waals surface area contributed by atoms with Gasteiger partial charge in [0.1, 0.15) is 0 Å². The molecule has 1 atom stereocenters. The van der Waals surface area contributed by atoms with Crippen LogP contribution in [0.1, 0.15) is 17.5 Å². The number of amides is 2. The van der Waals surface area contributed by atoms with Crippen molar-refractivity contribution in [3.8, 4) is 0 Å². The van der Waals surface area contributed by atoms with Gasteiger partial charge in [0.05, 0.1) is 5.92 Å². The Hall–Kier alpha value is -2.86. The van der Waals surface area contributed by atoms with Crippen molar-refractivity contribution in [2.45, 2.75) is 19.9 Å². The number of carbonyl (C=O) groups is 3. The normalized spacial score (nSPS) is 16.1. The van der Waals surface area contributed by atoms with Gasteiger partial charge in [-0.3, -0.25) is 14.4 Å². The molecule has 0 unspecified atom stereocenters. The van der Waals surface area contributed by atoms with Crippen molar-refractivity contribution in [3.05, 3.63) is 64.7 Å². The predicted octanol–water partition coefficient (Wildman–Crippen LogP) is 3.18. The lowest BCUT2D eigenvalue weighted by Gasteiger charge is -2.16. The Balaban J connectivity index is 1.49. The van der Waals surface area contributed by atoms with E-state index >= 15 is 0 Å². The third-order valence-electron chi connectivity index (χ3n) is 4.65. The van der Waals surface area contributed by atoms with Crippen molar-refractivity contribution in [2.75, 3.05) is 18.5 Å². The highest BCUT2D eigenvalue weighted by Crippen LogP contribution is 2.23. The fourth-order valence-corrected chi connectivity index (χ4v) is 3.24. The van der Waals surface area contributed by atoms with Crippen LogP contribution in [0, 0.1) is 12.8 Å². The third-order valence-corrected chi connectivity index (χ3v) is 5.06. The number of rotatable bonds is 6. The van der Waals surface area contributed by atoms with Gasteiger partial charge >= 0.3 is 5.97 Å². The van der Waals surface area contributed by atoms with E-state index in [9.17, 15) is 14.4 Å². The van der Waals surface area contributed by atoms with E-state index in [0.29, 0.717) is 23.8 Å². The first-order chi connectivity index (χ1) is 13.4. The van der Waals surface area contributed by atoms with Crippen molar-refractivity contribution >= 4 is 35.1 Å². The lowest BCUT2D eigenvalue weighted by Crippen LogP contribution is -2.28. The summed E-state index contributed by atoms with van der Waals surface area (Å²) in [5.41, 5.74) is 2.31. The second-order valence-electron chi connectivity index (χ2n) is 6.73. The Morgan fingerprint density at radius 3 is 2.68 bits per heavy atom. The van der Waals surface area contributed by atoms with Crippen molar-refractivity contribution in [1.29, 1.82) is 0 Å². The summed E-state index contributed by atoms with van der Waals surface area (Å²) in [5.74, 6) is -1.65. The number of nitrogens with one attached hydrogen (secondary N) is 1. The quantitative estimate of drug-likeness (QED) is 0.755. The molecule has 28 heavy (non-hydrogen) atoms. The zero-order valence-corrected chi connectivity index (χ0v) is 16.2. The maximum atomic E-state index is 12.3. The van der Waals surface area contributed by atoms with E-state index < -0.39 is 24.4 Å². The summed E-state index contributed by atoms with van der Waals surface area (Å²) >= 11 is 6.02. The fraction of sp³-hybridized carbons (Fsp3) is 0.286. The number of hydrogen-bond acceptors (Lipinski definition) is 4. The van der Waals surface area contributed by atoms with E-state index in [2.05, 4.69) is 5.32 Å². The molecule has 3 rings (SSSR count). The van der Waals surface area contributed by atoms with Crippen LogP contribution in [0.2, 0.25) is 5.02 Å². The molecular formula is C21H21ClN2O4. The van der Waals surface area contributed by atoms with Crippen LogP contribution in [-0.2, 0) is 25.7 Å². The average Bonchev–Trinajstić information content (AvgIpc) is 3.05. The number of likely N-dealkylation sites (tertiary alicyclic amines) is 1. The smallest absolute Gasteiger partial charge is 0.311 e. The molecule has 1 saturated heterocycles. The SMILES string of the molecule is Cc1c(Cl)cccc1NC(=O)COC(=O)[C@H]1CC(=O)N(Cc2ccccc2)C1. The number of benzene rings is 2. The summed E-state index contributed by atoms with van der Waals surface area (Å²) in [7, 11) is 0. The molecule has 0 spiro atoms. The standard InChI is InChI=1S/C21H21ClN2O4/c1-14-17(22)8-5-9-18(14)23-19(25)13-28-21(27)16-10-20(26)24(12-16)11-15-6-3-2-4-7-15/h2-9,16H,10-13H2,1H3,(H,23,25)/t16-/m0/s1. The van der Waals surface area contributed by atoms with Gasteiger partial charge in [0.2, 0.25) is 5.91 Å². The lowest BCUT2D eigenvalue weighted by atomic mass is 10.1. The monoisotopic (exact) mass is 400 g/mol. The number of esters is 1. The van der Waals surface area contributed by atoms with E-state index in [-0.39, 0.29) is 12.3 Å². The molecule has 1 aliphatic heterocycles. The van der Waals surface area contributed by atoms with Gasteiger partial charge in [-0.1, -0.05) is 48.0 Å². The van der Waals surface area contributed by atoms with Crippen molar-refractivity contribution in [1.82, 2.24) is 4.90 Å². The Morgan fingerprint density at radius 2 is 1.93 bits per heavy atom. The summed E-state index contributed by atoms with van der Waals surface area (Å²) < 4.78 is 5.11. The molecule has 2 amide bonds. The predicted molar refractivity (Wildman–Crippen MR) is 106 cm³/mol. The van der Waals surface area contributed by atoms with Gasteiger partial charge in [0, 0.05) is 30.2 Å². The maximum Gasteiger partial charge on any atom is 0.311 e. The lowest BCUT2D eigenvalue weighted by molar-refractivity contribution is -0.151. The van der Waals surface area contributed by atoms with E-state index in [1.54, 1.807) is 30.0 Å². The zero-order valence-electron chi connectivity index (χ0n) is 15.5. The maximum absolute atomic E-state index is 12.3. The highest BCUT2D eigenvalue weighted by atomic mass is 35.5. The van der Waals surface area contributed by atoms with Crippen LogP contribution in [0.25, 0.3) is 0 Å². The highest BCUT2D eigenvalue weighted by Gasteiger charge is 2.35. The van der Waals surface area contributed by atoms with E-state index in [0.717, 1.165) is 11.1 Å². The molecule has 0 aliphatic carbocycles. The Bertz CT molecular complexity index is 885. The first kappa shape index (κ1) is 19.9. The van der Waals surface area contributed by atoms with Gasteiger partial charge in [0.25, 0.3) is 5.91 Å². The van der Waals surface area contributed by atoms with Crippen LogP contribution in [0.4, 0.5) is 5.69 Å². The molecule has 0 saturated carbocycles. The number of carbonyl (C=O) groups excluding carboxylic acids is 3. The topological polar surface area (TPSA) is 75.7 Å². The fourth-order valence-electron chi connectivity index (χ4n) is 3.07.